The monoisotopic (exact) mass is 1270 g/mol. The van der Waals surface area contributed by atoms with Crippen molar-refractivity contribution in [2.75, 3.05) is 39.6 Å². The number of aliphatic hydroxyl groups excluding tert-OH is 1. The second kappa shape index (κ2) is 57.0. The average molecular weight is 1270 g/mol. The molecular weight excluding hydrogens is 1140 g/mol. The van der Waals surface area contributed by atoms with E-state index in [4.69, 9.17) is 37.0 Å². The summed E-state index contributed by atoms with van der Waals surface area (Å²) in [5.74, 6) is 0.777. The van der Waals surface area contributed by atoms with Crippen molar-refractivity contribution in [1.82, 2.24) is 0 Å². The Balaban J connectivity index is 5.23. The summed E-state index contributed by atoms with van der Waals surface area (Å²) in [7, 11) is -9.89. The number of esters is 4. The van der Waals surface area contributed by atoms with Crippen LogP contribution in [-0.2, 0) is 65.4 Å². The number of hydrogen-bond donors (Lipinski definition) is 3. The molecule has 3 N–H and O–H groups in total. The van der Waals surface area contributed by atoms with Gasteiger partial charge in [-0.25, -0.2) is 9.13 Å². The topological polar surface area (TPSA) is 237 Å². The van der Waals surface area contributed by atoms with Gasteiger partial charge in [-0.2, -0.15) is 0 Å². The normalized spacial score (nSPS) is 14.7. The molecule has 86 heavy (non-hydrogen) atoms. The molecule has 0 amide bonds. The summed E-state index contributed by atoms with van der Waals surface area (Å²) in [5.41, 5.74) is 0. The van der Waals surface area contributed by atoms with Gasteiger partial charge in [0, 0.05) is 25.7 Å². The molecular formula is C67H130O17P2. The molecule has 0 rings (SSSR count). The maximum Gasteiger partial charge on any atom is 0.472 e. The summed E-state index contributed by atoms with van der Waals surface area (Å²) in [4.78, 5) is 72.3. The molecule has 0 spiro atoms. The molecule has 6 atom stereocenters. The standard InChI is InChI=1S/C67H130O17P2/c1-9-60(8)46-38-30-20-17-18-22-34-42-50-67(72)84-63(54-78-65(70)48-40-32-26-24-29-37-45-59(6)7)56-82-86(75,76)80-52-61(68)51-79-85(73,74)81-55-62(53-77-64(69)47-39-31-25-23-28-36-44-58(4)5)83-66(71)49-41-33-21-16-14-12-10-11-13-15-19-27-35-43-57(2)3/h57-63,68H,9-56H2,1-8H3,(H,73,74)(H,75,76)/t60?,61-,62-,63-/m1/s1. The minimum atomic E-state index is -4.95. The fraction of sp³-hybridized carbons (Fsp3) is 0.940. The van der Waals surface area contributed by atoms with Gasteiger partial charge in [0.05, 0.1) is 26.4 Å². The molecule has 0 bridgehead atoms. The van der Waals surface area contributed by atoms with Crippen molar-refractivity contribution in [2.24, 2.45) is 23.7 Å². The summed E-state index contributed by atoms with van der Waals surface area (Å²) >= 11 is 0. The van der Waals surface area contributed by atoms with Crippen LogP contribution in [0.5, 0.6) is 0 Å². The summed E-state index contributed by atoms with van der Waals surface area (Å²) in [6, 6.07) is 0. The van der Waals surface area contributed by atoms with Crippen molar-refractivity contribution in [2.45, 2.75) is 343 Å². The van der Waals surface area contributed by atoms with E-state index in [0.717, 1.165) is 115 Å². The number of aliphatic hydroxyl groups is 1. The first-order valence-corrected chi connectivity index (χ1v) is 37.7. The highest BCUT2D eigenvalue weighted by Crippen LogP contribution is 2.45. The number of hydrogen-bond acceptors (Lipinski definition) is 15. The Morgan fingerprint density at radius 3 is 0.826 bits per heavy atom. The number of rotatable bonds is 64. The third-order valence-corrected chi connectivity index (χ3v) is 17.6. The zero-order valence-corrected chi connectivity index (χ0v) is 57.7. The van der Waals surface area contributed by atoms with Gasteiger partial charge in [-0.05, 0) is 49.4 Å². The molecule has 0 aliphatic rings. The Morgan fingerprint density at radius 1 is 0.326 bits per heavy atom. The number of phosphoric acid groups is 2. The Bertz CT molecular complexity index is 1720. The summed E-state index contributed by atoms with van der Waals surface area (Å²) in [6.45, 7) is 14.0. The van der Waals surface area contributed by atoms with E-state index >= 15 is 0 Å². The predicted octanol–water partition coefficient (Wildman–Crippen LogP) is 18.5. The smallest absolute Gasteiger partial charge is 0.462 e. The largest absolute Gasteiger partial charge is 0.472 e. The molecule has 0 aromatic heterocycles. The first kappa shape index (κ1) is 84.1. The maximum absolute atomic E-state index is 13.0. The van der Waals surface area contributed by atoms with Crippen molar-refractivity contribution in [3.63, 3.8) is 0 Å². The van der Waals surface area contributed by atoms with Gasteiger partial charge in [0.25, 0.3) is 0 Å². The quantitative estimate of drug-likeness (QED) is 0.0222. The van der Waals surface area contributed by atoms with E-state index in [1.165, 1.54) is 116 Å². The Kier molecular flexibility index (Phi) is 55.7. The molecule has 0 aromatic rings. The Hall–Kier alpha value is -1.94. The average Bonchev–Trinajstić information content (AvgIpc) is 3.60. The van der Waals surface area contributed by atoms with Gasteiger partial charge in [0.1, 0.15) is 19.3 Å². The van der Waals surface area contributed by atoms with E-state index in [2.05, 4.69) is 55.4 Å². The highest BCUT2D eigenvalue weighted by atomic mass is 31.2. The maximum atomic E-state index is 13.0. The first-order valence-electron chi connectivity index (χ1n) is 34.7. The zero-order valence-electron chi connectivity index (χ0n) is 55.9. The fourth-order valence-corrected chi connectivity index (χ4v) is 11.5. The molecule has 0 fully saturated rings. The second-order valence-electron chi connectivity index (χ2n) is 25.9. The lowest BCUT2D eigenvalue weighted by atomic mass is 9.99. The molecule has 0 heterocycles. The van der Waals surface area contributed by atoms with Crippen molar-refractivity contribution in [1.29, 1.82) is 0 Å². The number of carbonyl (C=O) groups excluding carboxylic acids is 4. The van der Waals surface area contributed by atoms with Crippen LogP contribution in [0.15, 0.2) is 0 Å². The second-order valence-corrected chi connectivity index (χ2v) is 28.8. The third kappa shape index (κ3) is 59.7. The van der Waals surface area contributed by atoms with Gasteiger partial charge in [0.2, 0.25) is 0 Å². The third-order valence-electron chi connectivity index (χ3n) is 15.7. The van der Waals surface area contributed by atoms with Crippen molar-refractivity contribution >= 4 is 39.5 Å². The number of phosphoric ester groups is 2. The van der Waals surface area contributed by atoms with E-state index in [9.17, 15) is 43.2 Å². The predicted molar refractivity (Wildman–Crippen MR) is 344 cm³/mol. The van der Waals surface area contributed by atoms with Gasteiger partial charge < -0.3 is 33.8 Å². The van der Waals surface area contributed by atoms with Crippen molar-refractivity contribution in [3.8, 4) is 0 Å². The van der Waals surface area contributed by atoms with Crippen molar-refractivity contribution in [3.05, 3.63) is 0 Å². The SMILES string of the molecule is CCC(C)CCCCCCCCCCC(=O)O[C@H](COC(=O)CCCCCCCCC(C)C)COP(=O)(O)OC[C@H](O)COP(=O)(O)OC[C@@H](COC(=O)CCCCCCCCC(C)C)OC(=O)CCCCCCCCCCCCCCCC(C)C. The van der Waals surface area contributed by atoms with Crippen LogP contribution in [0.1, 0.15) is 325 Å². The van der Waals surface area contributed by atoms with Crippen LogP contribution < -0.4 is 0 Å². The van der Waals surface area contributed by atoms with Gasteiger partial charge in [-0.3, -0.25) is 37.3 Å². The van der Waals surface area contributed by atoms with E-state index in [0.29, 0.717) is 37.5 Å². The summed E-state index contributed by atoms with van der Waals surface area (Å²) in [5, 5.41) is 10.6. The van der Waals surface area contributed by atoms with Crippen molar-refractivity contribution < 1.29 is 80.2 Å². The van der Waals surface area contributed by atoms with Gasteiger partial charge in [-0.1, -0.05) is 274 Å². The van der Waals surface area contributed by atoms with E-state index in [-0.39, 0.29) is 25.7 Å². The molecule has 0 aliphatic carbocycles. The molecule has 0 saturated heterocycles. The molecule has 0 aromatic carbocycles. The summed E-state index contributed by atoms with van der Waals surface area (Å²) < 4.78 is 68.1. The van der Waals surface area contributed by atoms with E-state index in [1.807, 2.05) is 0 Å². The molecule has 0 aliphatic heterocycles. The van der Waals surface area contributed by atoms with Crippen LogP contribution in [0.25, 0.3) is 0 Å². The lowest BCUT2D eigenvalue weighted by molar-refractivity contribution is -0.161. The molecule has 17 nitrogen and oxygen atoms in total. The van der Waals surface area contributed by atoms with E-state index < -0.39 is 97.5 Å². The van der Waals surface area contributed by atoms with Gasteiger partial charge in [0.15, 0.2) is 12.2 Å². The highest BCUT2D eigenvalue weighted by Gasteiger charge is 2.30. The molecule has 0 radical (unpaired) electrons. The van der Waals surface area contributed by atoms with Gasteiger partial charge in [-0.15, -0.1) is 0 Å². The minimum Gasteiger partial charge on any atom is -0.462 e. The minimum absolute atomic E-state index is 0.103. The van der Waals surface area contributed by atoms with Gasteiger partial charge >= 0.3 is 39.5 Å². The molecule has 3 unspecified atom stereocenters. The first-order chi connectivity index (χ1) is 41.1. The molecule has 19 heteroatoms. The lowest BCUT2D eigenvalue weighted by Crippen LogP contribution is -2.30. The number of carbonyl (C=O) groups is 4. The highest BCUT2D eigenvalue weighted by molar-refractivity contribution is 7.47. The van der Waals surface area contributed by atoms with Crippen LogP contribution in [-0.4, -0.2) is 96.7 Å². The van der Waals surface area contributed by atoms with Crippen LogP contribution in [0.3, 0.4) is 0 Å². The Labute approximate surface area is 524 Å². The van der Waals surface area contributed by atoms with Crippen LogP contribution in [0.4, 0.5) is 0 Å². The fourth-order valence-electron chi connectivity index (χ4n) is 9.93. The van der Waals surface area contributed by atoms with Crippen LogP contribution in [0.2, 0.25) is 0 Å². The molecule has 510 valence electrons. The van der Waals surface area contributed by atoms with Crippen LogP contribution >= 0.6 is 15.6 Å². The Morgan fingerprint density at radius 2 is 0.558 bits per heavy atom. The van der Waals surface area contributed by atoms with E-state index in [1.54, 1.807) is 0 Å². The number of ether oxygens (including phenoxy) is 4. The lowest BCUT2D eigenvalue weighted by Gasteiger charge is -2.21. The van der Waals surface area contributed by atoms with Crippen LogP contribution in [0, 0.1) is 23.7 Å². The summed E-state index contributed by atoms with van der Waals surface area (Å²) in [6.07, 6.45) is 37.8. The number of unbranched alkanes of at least 4 members (excludes halogenated alkanes) is 29. The molecule has 0 saturated carbocycles. The zero-order chi connectivity index (χ0) is 63.9.